The number of nitrogens with zero attached hydrogens (tertiary/aromatic N) is 2. The van der Waals surface area contributed by atoms with E-state index < -0.39 is 10.0 Å². The molecule has 2 N–H and O–H groups in total. The number of rotatable bonds is 3. The van der Waals surface area contributed by atoms with Crippen LogP contribution in [0.15, 0.2) is 28.5 Å². The third-order valence-corrected chi connectivity index (χ3v) is 6.12. The topological polar surface area (TPSA) is 76.3 Å². The third-order valence-electron chi connectivity index (χ3n) is 2.76. The van der Waals surface area contributed by atoms with Crippen LogP contribution in [0.4, 0.5) is 10.8 Å². The van der Waals surface area contributed by atoms with Gasteiger partial charge in [0, 0.05) is 7.05 Å². The number of hydrogen-bond donors (Lipinski definition) is 1. The van der Waals surface area contributed by atoms with E-state index >= 15 is 0 Å². The average molecular weight is 297 g/mol. The molecule has 0 fully saturated rings. The standard InChI is InChI=1S/C12H15N3O2S2/c1-8-4-6-10(7-5-8)15(3)19(16,17)11-9(2)14-12(13)18-11/h4-7H,1-3H3,(H2,13,14). The normalized spacial score (nSPS) is 11.5. The third kappa shape index (κ3) is 2.57. The Labute approximate surface area is 116 Å². The molecule has 7 heteroatoms. The van der Waals surface area contributed by atoms with Crippen molar-refractivity contribution < 1.29 is 8.42 Å². The Morgan fingerprint density at radius 2 is 1.79 bits per heavy atom. The first-order valence-corrected chi connectivity index (χ1v) is 7.86. The number of aryl methyl sites for hydroxylation is 2. The SMILES string of the molecule is Cc1ccc(N(C)S(=O)(=O)c2sc(N)nc2C)cc1. The zero-order chi connectivity index (χ0) is 14.2. The van der Waals surface area contributed by atoms with Gasteiger partial charge in [0.2, 0.25) is 0 Å². The summed E-state index contributed by atoms with van der Waals surface area (Å²) in [6, 6.07) is 7.28. The fourth-order valence-electron chi connectivity index (χ4n) is 1.66. The number of anilines is 2. The van der Waals surface area contributed by atoms with Gasteiger partial charge in [0.25, 0.3) is 10.0 Å². The summed E-state index contributed by atoms with van der Waals surface area (Å²) in [5.41, 5.74) is 7.68. The Morgan fingerprint density at radius 3 is 2.26 bits per heavy atom. The van der Waals surface area contributed by atoms with Crippen molar-refractivity contribution in [2.45, 2.75) is 18.1 Å². The second-order valence-electron chi connectivity index (χ2n) is 4.23. The lowest BCUT2D eigenvalue weighted by Crippen LogP contribution is -2.26. The number of benzene rings is 1. The summed E-state index contributed by atoms with van der Waals surface area (Å²) in [5.74, 6) is 0. The minimum atomic E-state index is -3.61. The highest BCUT2D eigenvalue weighted by Gasteiger charge is 2.26. The molecule has 2 rings (SSSR count). The molecule has 0 atom stereocenters. The molecule has 0 bridgehead atoms. The van der Waals surface area contributed by atoms with Gasteiger partial charge in [-0.2, -0.15) is 0 Å². The van der Waals surface area contributed by atoms with Crippen LogP contribution < -0.4 is 10.0 Å². The molecule has 1 heterocycles. The summed E-state index contributed by atoms with van der Waals surface area (Å²) in [5, 5.41) is 0.258. The summed E-state index contributed by atoms with van der Waals surface area (Å²) in [7, 11) is -2.08. The average Bonchev–Trinajstić information content (AvgIpc) is 2.69. The van der Waals surface area contributed by atoms with E-state index in [0.29, 0.717) is 11.4 Å². The van der Waals surface area contributed by atoms with Crippen LogP contribution in [0.2, 0.25) is 0 Å². The Balaban J connectivity index is 2.45. The molecule has 0 aliphatic carbocycles. The van der Waals surface area contributed by atoms with Crippen molar-refractivity contribution in [2.24, 2.45) is 0 Å². The summed E-state index contributed by atoms with van der Waals surface area (Å²) in [4.78, 5) is 3.96. The molecule has 0 saturated carbocycles. The Morgan fingerprint density at radius 1 is 1.21 bits per heavy atom. The van der Waals surface area contributed by atoms with Crippen molar-refractivity contribution in [3.8, 4) is 0 Å². The van der Waals surface area contributed by atoms with Crippen LogP contribution in [0, 0.1) is 13.8 Å². The highest BCUT2D eigenvalue weighted by Crippen LogP contribution is 2.30. The van der Waals surface area contributed by atoms with Crippen LogP contribution in [0.5, 0.6) is 0 Å². The Bertz CT molecular complexity index is 690. The van der Waals surface area contributed by atoms with Gasteiger partial charge in [-0.25, -0.2) is 13.4 Å². The minimum absolute atomic E-state index is 0.188. The van der Waals surface area contributed by atoms with Gasteiger partial charge in [-0.05, 0) is 26.0 Å². The van der Waals surface area contributed by atoms with Crippen LogP contribution in [0.25, 0.3) is 0 Å². The van der Waals surface area contributed by atoms with Crippen LogP contribution in [-0.2, 0) is 10.0 Å². The van der Waals surface area contributed by atoms with Crippen molar-refractivity contribution in [1.82, 2.24) is 4.98 Å². The fraction of sp³-hybridized carbons (Fsp3) is 0.250. The van der Waals surface area contributed by atoms with Crippen molar-refractivity contribution in [3.05, 3.63) is 35.5 Å². The molecule has 1 aromatic heterocycles. The zero-order valence-corrected chi connectivity index (χ0v) is 12.5. The number of hydrogen-bond acceptors (Lipinski definition) is 5. The molecule has 5 nitrogen and oxygen atoms in total. The van der Waals surface area contributed by atoms with Gasteiger partial charge < -0.3 is 5.73 Å². The molecular formula is C12H15N3O2S2. The smallest absolute Gasteiger partial charge is 0.275 e. The van der Waals surface area contributed by atoms with Gasteiger partial charge in [-0.15, -0.1) is 0 Å². The largest absolute Gasteiger partial charge is 0.375 e. The van der Waals surface area contributed by atoms with Crippen LogP contribution >= 0.6 is 11.3 Å². The van der Waals surface area contributed by atoms with Crippen LogP contribution in [0.1, 0.15) is 11.3 Å². The van der Waals surface area contributed by atoms with E-state index in [9.17, 15) is 8.42 Å². The van der Waals surface area contributed by atoms with Gasteiger partial charge in [0.1, 0.15) is 0 Å². The monoisotopic (exact) mass is 297 g/mol. The molecule has 0 unspecified atom stereocenters. The van der Waals surface area contributed by atoms with Crippen molar-refractivity contribution >= 4 is 32.2 Å². The maximum atomic E-state index is 12.5. The lowest BCUT2D eigenvalue weighted by atomic mass is 10.2. The first-order chi connectivity index (χ1) is 8.82. The lowest BCUT2D eigenvalue weighted by Gasteiger charge is -2.18. The number of thiazole rings is 1. The quantitative estimate of drug-likeness (QED) is 0.942. The molecule has 1 aromatic carbocycles. The zero-order valence-electron chi connectivity index (χ0n) is 10.9. The molecule has 2 aromatic rings. The second-order valence-corrected chi connectivity index (χ2v) is 7.43. The number of sulfonamides is 1. The number of nitrogens with two attached hydrogens (primary N) is 1. The summed E-state index contributed by atoms with van der Waals surface area (Å²) in [6.07, 6.45) is 0. The molecule has 102 valence electrons. The molecule has 0 radical (unpaired) electrons. The van der Waals surface area contributed by atoms with Gasteiger partial charge >= 0.3 is 0 Å². The molecule has 0 amide bonds. The van der Waals surface area contributed by atoms with Gasteiger partial charge in [0.15, 0.2) is 9.34 Å². The van der Waals surface area contributed by atoms with E-state index in [0.717, 1.165) is 16.9 Å². The van der Waals surface area contributed by atoms with Gasteiger partial charge in [-0.3, -0.25) is 4.31 Å². The van der Waals surface area contributed by atoms with E-state index in [1.807, 2.05) is 19.1 Å². The lowest BCUT2D eigenvalue weighted by molar-refractivity contribution is 0.595. The predicted octanol–water partition coefficient (Wildman–Crippen LogP) is 2.17. The van der Waals surface area contributed by atoms with Crippen molar-refractivity contribution in [2.75, 3.05) is 17.1 Å². The van der Waals surface area contributed by atoms with Crippen molar-refractivity contribution in [1.29, 1.82) is 0 Å². The molecule has 0 aliphatic heterocycles. The Hall–Kier alpha value is -1.60. The van der Waals surface area contributed by atoms with E-state index in [2.05, 4.69) is 4.98 Å². The maximum absolute atomic E-state index is 12.5. The molecular weight excluding hydrogens is 282 g/mol. The van der Waals surface area contributed by atoms with E-state index in [-0.39, 0.29) is 9.34 Å². The summed E-state index contributed by atoms with van der Waals surface area (Å²) in [6.45, 7) is 3.59. The van der Waals surface area contributed by atoms with E-state index in [1.165, 1.54) is 11.4 Å². The summed E-state index contributed by atoms with van der Waals surface area (Å²) < 4.78 is 26.4. The minimum Gasteiger partial charge on any atom is -0.375 e. The van der Waals surface area contributed by atoms with E-state index in [1.54, 1.807) is 19.1 Å². The summed E-state index contributed by atoms with van der Waals surface area (Å²) >= 11 is 0.984. The molecule has 0 saturated heterocycles. The maximum Gasteiger partial charge on any atom is 0.275 e. The highest BCUT2D eigenvalue weighted by molar-refractivity contribution is 7.94. The van der Waals surface area contributed by atoms with Gasteiger partial charge in [-0.1, -0.05) is 29.0 Å². The molecule has 0 aliphatic rings. The predicted molar refractivity (Wildman–Crippen MR) is 78.0 cm³/mol. The fourth-order valence-corrected chi connectivity index (χ4v) is 4.31. The second kappa shape index (κ2) is 4.82. The van der Waals surface area contributed by atoms with Crippen LogP contribution in [0.3, 0.4) is 0 Å². The number of aromatic nitrogens is 1. The Kier molecular flexibility index (Phi) is 3.51. The number of nitrogen functional groups attached to an aromatic ring is 1. The van der Waals surface area contributed by atoms with E-state index in [4.69, 9.17) is 5.73 Å². The first-order valence-electron chi connectivity index (χ1n) is 5.61. The van der Waals surface area contributed by atoms with Crippen molar-refractivity contribution in [3.63, 3.8) is 0 Å². The highest BCUT2D eigenvalue weighted by atomic mass is 32.2. The molecule has 19 heavy (non-hydrogen) atoms. The first kappa shape index (κ1) is 13.8. The molecule has 0 spiro atoms. The van der Waals surface area contributed by atoms with Gasteiger partial charge in [0.05, 0.1) is 11.4 Å². The van der Waals surface area contributed by atoms with Crippen LogP contribution in [-0.4, -0.2) is 20.4 Å².